The summed E-state index contributed by atoms with van der Waals surface area (Å²) in [5, 5.41) is 6.53. The molecule has 3 heterocycles. The number of piperidine rings is 1. The summed E-state index contributed by atoms with van der Waals surface area (Å²) in [7, 11) is 1.97. The topological polar surface area (TPSA) is 126 Å². The van der Waals surface area contributed by atoms with E-state index in [1.165, 1.54) is 0 Å². The van der Waals surface area contributed by atoms with Crippen LogP contribution in [0.4, 0.5) is 17.3 Å². The molecule has 2 aliphatic rings. The summed E-state index contributed by atoms with van der Waals surface area (Å²) >= 11 is 0. The zero-order chi connectivity index (χ0) is 22.5. The molecule has 11 heteroatoms. The van der Waals surface area contributed by atoms with Crippen molar-refractivity contribution in [1.82, 2.24) is 20.2 Å². The molecular formula is C22H30ClN7O3. The molecule has 1 atom stereocenters. The van der Waals surface area contributed by atoms with Crippen LogP contribution in [0.15, 0.2) is 30.5 Å². The lowest BCUT2D eigenvalue weighted by atomic mass is 10.1. The third-order valence-corrected chi connectivity index (χ3v) is 5.87. The van der Waals surface area contributed by atoms with Gasteiger partial charge in [-0.15, -0.1) is 12.4 Å². The summed E-state index contributed by atoms with van der Waals surface area (Å²) in [6.07, 6.45) is 3.73. The van der Waals surface area contributed by atoms with Crippen LogP contribution in [0.2, 0.25) is 0 Å². The number of halogens is 1. The average molecular weight is 476 g/mol. The molecule has 0 bridgehead atoms. The maximum Gasteiger partial charge on any atom is 0.271 e. The van der Waals surface area contributed by atoms with Crippen molar-refractivity contribution in [2.75, 3.05) is 56.7 Å². The van der Waals surface area contributed by atoms with Crippen LogP contribution in [0.3, 0.4) is 0 Å². The Kier molecular flexibility index (Phi) is 8.43. The first-order valence-electron chi connectivity index (χ1n) is 10.9. The molecule has 2 fully saturated rings. The first kappa shape index (κ1) is 24.7. The standard InChI is InChI=1S/C22H29N7O3.ClH/c1-28(17-3-2-8-24-13-17)18-14-25-19(20(23)30)21(27-18)26-16-6-4-15(5-7-16)22(31)29-9-11-32-12-10-29;/h4-7,14,17,24H,2-3,8-13H2,1H3,(H2,23,30)(H,26,27);1H/t17-;/m1./s1. The molecule has 2 aromatic rings. The average Bonchev–Trinajstić information content (AvgIpc) is 2.84. The fourth-order valence-corrected chi connectivity index (χ4v) is 3.95. The van der Waals surface area contributed by atoms with Crippen molar-refractivity contribution in [2.24, 2.45) is 5.73 Å². The van der Waals surface area contributed by atoms with Crippen molar-refractivity contribution >= 4 is 41.5 Å². The van der Waals surface area contributed by atoms with Gasteiger partial charge in [0.25, 0.3) is 11.8 Å². The van der Waals surface area contributed by atoms with Gasteiger partial charge in [-0.2, -0.15) is 0 Å². The van der Waals surface area contributed by atoms with E-state index in [1.807, 2.05) is 7.05 Å². The zero-order valence-electron chi connectivity index (χ0n) is 18.6. The molecule has 33 heavy (non-hydrogen) atoms. The van der Waals surface area contributed by atoms with Gasteiger partial charge in [0.2, 0.25) is 0 Å². The van der Waals surface area contributed by atoms with Gasteiger partial charge >= 0.3 is 0 Å². The number of rotatable bonds is 6. The van der Waals surface area contributed by atoms with E-state index in [9.17, 15) is 9.59 Å². The predicted molar refractivity (Wildman–Crippen MR) is 129 cm³/mol. The molecule has 2 amide bonds. The van der Waals surface area contributed by atoms with Gasteiger partial charge in [0, 0.05) is 44.0 Å². The van der Waals surface area contributed by atoms with Gasteiger partial charge in [-0.05, 0) is 43.7 Å². The number of nitrogens with two attached hydrogens (primary N) is 1. The quantitative estimate of drug-likeness (QED) is 0.572. The number of hydrogen-bond acceptors (Lipinski definition) is 8. The molecule has 0 radical (unpaired) electrons. The monoisotopic (exact) mass is 475 g/mol. The minimum Gasteiger partial charge on any atom is -0.378 e. The molecule has 4 rings (SSSR count). The lowest BCUT2D eigenvalue weighted by molar-refractivity contribution is 0.0303. The fourth-order valence-electron chi connectivity index (χ4n) is 3.95. The van der Waals surface area contributed by atoms with E-state index in [1.54, 1.807) is 35.4 Å². The number of nitrogens with zero attached hydrogens (tertiary/aromatic N) is 4. The van der Waals surface area contributed by atoms with Crippen molar-refractivity contribution in [3.8, 4) is 0 Å². The van der Waals surface area contributed by atoms with Crippen LogP contribution in [0, 0.1) is 0 Å². The number of carbonyl (C=O) groups is 2. The Morgan fingerprint density at radius 2 is 1.97 bits per heavy atom. The number of nitrogens with one attached hydrogen (secondary N) is 2. The fraction of sp³-hybridized carbons (Fsp3) is 0.455. The van der Waals surface area contributed by atoms with E-state index >= 15 is 0 Å². The normalized spacial score (nSPS) is 18.2. The number of primary amides is 1. The van der Waals surface area contributed by atoms with Crippen LogP contribution in [0.25, 0.3) is 0 Å². The van der Waals surface area contributed by atoms with Crippen LogP contribution in [-0.4, -0.2) is 79.2 Å². The number of morpholine rings is 1. The number of aromatic nitrogens is 2. The number of anilines is 3. The Labute approximate surface area is 199 Å². The summed E-state index contributed by atoms with van der Waals surface area (Å²) < 4.78 is 5.31. The third-order valence-electron chi connectivity index (χ3n) is 5.87. The van der Waals surface area contributed by atoms with Crippen LogP contribution in [0.5, 0.6) is 0 Å². The molecule has 2 aliphatic heterocycles. The lowest BCUT2D eigenvalue weighted by Gasteiger charge is -2.32. The van der Waals surface area contributed by atoms with Gasteiger partial charge in [0.15, 0.2) is 11.5 Å². The van der Waals surface area contributed by atoms with E-state index < -0.39 is 5.91 Å². The molecule has 0 unspecified atom stereocenters. The number of carbonyl (C=O) groups excluding carboxylic acids is 2. The molecule has 1 aromatic heterocycles. The minimum atomic E-state index is -0.660. The van der Waals surface area contributed by atoms with Crippen LogP contribution >= 0.6 is 12.4 Å². The second kappa shape index (κ2) is 11.3. The first-order valence-corrected chi connectivity index (χ1v) is 10.9. The van der Waals surface area contributed by atoms with Crippen molar-refractivity contribution in [3.05, 3.63) is 41.7 Å². The highest BCUT2D eigenvalue weighted by Crippen LogP contribution is 2.23. The lowest BCUT2D eigenvalue weighted by Crippen LogP contribution is -2.44. The van der Waals surface area contributed by atoms with Gasteiger partial charge < -0.3 is 30.9 Å². The van der Waals surface area contributed by atoms with Gasteiger partial charge in [0.1, 0.15) is 5.82 Å². The smallest absolute Gasteiger partial charge is 0.271 e. The highest BCUT2D eigenvalue weighted by Gasteiger charge is 2.22. The molecule has 10 nitrogen and oxygen atoms in total. The predicted octanol–water partition coefficient (Wildman–Crippen LogP) is 1.40. The van der Waals surface area contributed by atoms with Crippen molar-refractivity contribution in [2.45, 2.75) is 18.9 Å². The molecular weight excluding hydrogens is 446 g/mol. The first-order chi connectivity index (χ1) is 15.5. The number of ether oxygens (including phenoxy) is 1. The highest BCUT2D eigenvalue weighted by molar-refractivity contribution is 5.97. The number of hydrogen-bond donors (Lipinski definition) is 3. The van der Waals surface area contributed by atoms with Crippen LogP contribution in [0.1, 0.15) is 33.7 Å². The Bertz CT molecular complexity index is 961. The second-order valence-electron chi connectivity index (χ2n) is 8.01. The number of likely N-dealkylation sites (N-methyl/N-ethyl adjacent to an activating group) is 1. The van der Waals surface area contributed by atoms with Gasteiger partial charge in [-0.3, -0.25) is 9.59 Å². The third kappa shape index (κ3) is 5.89. The van der Waals surface area contributed by atoms with Gasteiger partial charge in [-0.25, -0.2) is 9.97 Å². The van der Waals surface area contributed by atoms with E-state index in [4.69, 9.17) is 10.5 Å². The Hall–Kier alpha value is -2.95. The highest BCUT2D eigenvalue weighted by atomic mass is 35.5. The van der Waals surface area contributed by atoms with Crippen LogP contribution in [-0.2, 0) is 4.74 Å². The van der Waals surface area contributed by atoms with Crippen molar-refractivity contribution < 1.29 is 14.3 Å². The maximum absolute atomic E-state index is 12.6. The number of amides is 2. The van der Waals surface area contributed by atoms with Gasteiger partial charge in [0.05, 0.1) is 19.4 Å². The molecule has 4 N–H and O–H groups in total. The molecule has 1 aromatic carbocycles. The summed E-state index contributed by atoms with van der Waals surface area (Å²) in [6.45, 7) is 4.19. The Morgan fingerprint density at radius 1 is 1.24 bits per heavy atom. The zero-order valence-corrected chi connectivity index (χ0v) is 19.4. The number of benzene rings is 1. The summed E-state index contributed by atoms with van der Waals surface area (Å²) in [5.41, 5.74) is 6.86. The van der Waals surface area contributed by atoms with E-state index in [0.29, 0.717) is 49.4 Å². The van der Waals surface area contributed by atoms with Crippen molar-refractivity contribution in [3.63, 3.8) is 0 Å². The maximum atomic E-state index is 12.6. The Balaban J connectivity index is 0.00000306. The molecule has 0 aliphatic carbocycles. The van der Waals surface area contributed by atoms with E-state index in [2.05, 4.69) is 25.5 Å². The minimum absolute atomic E-state index is 0. The Morgan fingerprint density at radius 3 is 2.61 bits per heavy atom. The largest absolute Gasteiger partial charge is 0.378 e. The molecule has 2 saturated heterocycles. The molecule has 178 valence electrons. The SMILES string of the molecule is CN(c1cnc(C(N)=O)c(Nc2ccc(C(=O)N3CCOCC3)cc2)n1)[C@@H]1CCCNC1.Cl. The van der Waals surface area contributed by atoms with Crippen LogP contribution < -0.4 is 21.3 Å². The summed E-state index contributed by atoms with van der Waals surface area (Å²) in [6, 6.07) is 7.36. The van der Waals surface area contributed by atoms with Gasteiger partial charge in [-0.1, -0.05) is 0 Å². The summed E-state index contributed by atoms with van der Waals surface area (Å²) in [5.74, 6) is 0.262. The van der Waals surface area contributed by atoms with Crippen molar-refractivity contribution in [1.29, 1.82) is 0 Å². The molecule has 0 spiro atoms. The van der Waals surface area contributed by atoms with E-state index in [0.717, 1.165) is 25.9 Å². The molecule has 0 saturated carbocycles. The second-order valence-corrected chi connectivity index (χ2v) is 8.01. The summed E-state index contributed by atoms with van der Waals surface area (Å²) in [4.78, 5) is 37.3. The van der Waals surface area contributed by atoms with E-state index in [-0.39, 0.29) is 29.8 Å².